The number of benzene rings is 1. The molecule has 62 valence electrons. The van der Waals surface area contributed by atoms with Gasteiger partial charge in [-0.25, -0.2) is 0 Å². The van der Waals surface area contributed by atoms with Gasteiger partial charge in [0, 0.05) is 3.57 Å². The van der Waals surface area contributed by atoms with Crippen molar-refractivity contribution >= 4 is 22.6 Å². The van der Waals surface area contributed by atoms with Crippen molar-refractivity contribution in [3.63, 3.8) is 0 Å². The summed E-state index contributed by atoms with van der Waals surface area (Å²) in [6.07, 6.45) is 0. The van der Waals surface area contributed by atoms with E-state index < -0.39 is 5.60 Å². The summed E-state index contributed by atoms with van der Waals surface area (Å²) >= 11 is 2.17. The van der Waals surface area contributed by atoms with Gasteiger partial charge in [0.2, 0.25) is 0 Å². The largest absolute Gasteiger partial charge is 0.372 e. The van der Waals surface area contributed by atoms with Crippen molar-refractivity contribution in [2.45, 2.75) is 12.5 Å². The predicted octanol–water partition coefficient (Wildman–Crippen LogP) is 2.02. The van der Waals surface area contributed by atoms with Crippen LogP contribution in [-0.2, 0) is 5.60 Å². The number of nitriles is 1. The molecule has 0 spiro atoms. The molecular weight excluding hydrogens is 265 g/mol. The molecule has 12 heavy (non-hydrogen) atoms. The number of hydrogen-bond acceptors (Lipinski definition) is 2. The molecule has 0 amide bonds. The smallest absolute Gasteiger partial charge is 0.173 e. The van der Waals surface area contributed by atoms with Gasteiger partial charge in [-0.3, -0.25) is 0 Å². The lowest BCUT2D eigenvalue weighted by atomic mass is 9.98. The molecule has 3 heteroatoms. The zero-order chi connectivity index (χ0) is 9.19. The molecule has 0 aliphatic rings. The number of nitrogens with zero attached hydrogens (tertiary/aromatic N) is 1. The van der Waals surface area contributed by atoms with Crippen LogP contribution in [0.25, 0.3) is 0 Å². The van der Waals surface area contributed by atoms with Gasteiger partial charge in [-0.05, 0) is 47.2 Å². The summed E-state index contributed by atoms with van der Waals surface area (Å²) in [5.41, 5.74) is -0.741. The lowest BCUT2D eigenvalue weighted by molar-refractivity contribution is 0.119. The Morgan fingerprint density at radius 3 is 2.33 bits per heavy atom. The number of rotatable bonds is 1. The second-order valence-corrected chi connectivity index (χ2v) is 3.94. The van der Waals surface area contributed by atoms with E-state index in [0.717, 1.165) is 3.57 Å². The van der Waals surface area contributed by atoms with Crippen molar-refractivity contribution < 1.29 is 5.11 Å². The first-order chi connectivity index (χ1) is 5.56. The molecule has 0 saturated carbocycles. The molecule has 1 aromatic rings. The quantitative estimate of drug-likeness (QED) is 0.628. The predicted molar refractivity (Wildman–Crippen MR) is 54.3 cm³/mol. The minimum absolute atomic E-state index is 0.630. The van der Waals surface area contributed by atoms with Crippen LogP contribution in [0, 0.1) is 14.9 Å². The van der Waals surface area contributed by atoms with Crippen molar-refractivity contribution in [3.05, 3.63) is 33.4 Å². The summed E-state index contributed by atoms with van der Waals surface area (Å²) in [7, 11) is 0. The van der Waals surface area contributed by atoms with Gasteiger partial charge in [0.05, 0.1) is 0 Å². The fourth-order valence-electron chi connectivity index (χ4n) is 0.839. The van der Waals surface area contributed by atoms with E-state index >= 15 is 0 Å². The molecule has 0 heterocycles. The molecule has 1 rings (SSSR count). The fourth-order valence-corrected chi connectivity index (χ4v) is 1.20. The summed E-state index contributed by atoms with van der Waals surface area (Å²) < 4.78 is 1.09. The van der Waals surface area contributed by atoms with Crippen LogP contribution < -0.4 is 0 Å². The molecule has 1 aromatic carbocycles. The third-order valence-corrected chi connectivity index (χ3v) is 2.34. The number of halogens is 1. The van der Waals surface area contributed by atoms with Crippen LogP contribution >= 0.6 is 22.6 Å². The van der Waals surface area contributed by atoms with Crippen molar-refractivity contribution in [2.24, 2.45) is 0 Å². The maximum Gasteiger partial charge on any atom is 0.173 e. The van der Waals surface area contributed by atoms with Crippen molar-refractivity contribution in [2.75, 3.05) is 0 Å². The first kappa shape index (κ1) is 9.49. The standard InChI is InChI=1S/C9H8INO/c1-9(12,6-11)7-2-4-8(10)5-3-7/h2-5,12H,1H3. The van der Waals surface area contributed by atoms with Crippen LogP contribution in [-0.4, -0.2) is 5.11 Å². The van der Waals surface area contributed by atoms with E-state index in [1.165, 1.54) is 6.92 Å². The molecule has 0 bridgehead atoms. The van der Waals surface area contributed by atoms with Crippen LogP contribution in [0.2, 0.25) is 0 Å². The number of hydrogen-bond donors (Lipinski definition) is 1. The minimum Gasteiger partial charge on any atom is -0.372 e. The number of aliphatic hydroxyl groups is 1. The maximum atomic E-state index is 9.52. The highest BCUT2D eigenvalue weighted by molar-refractivity contribution is 14.1. The van der Waals surface area contributed by atoms with E-state index in [2.05, 4.69) is 22.6 Å². The van der Waals surface area contributed by atoms with Crippen molar-refractivity contribution in [1.29, 1.82) is 5.26 Å². The molecule has 0 saturated heterocycles. The second-order valence-electron chi connectivity index (χ2n) is 2.69. The van der Waals surface area contributed by atoms with Gasteiger partial charge < -0.3 is 5.11 Å². The molecular formula is C9H8INO. The van der Waals surface area contributed by atoms with E-state index in [9.17, 15) is 5.11 Å². The summed E-state index contributed by atoms with van der Waals surface area (Å²) in [6.45, 7) is 1.48. The molecule has 2 nitrogen and oxygen atoms in total. The van der Waals surface area contributed by atoms with Crippen LogP contribution in [0.4, 0.5) is 0 Å². The average Bonchev–Trinajstić information content (AvgIpc) is 2.05. The SMILES string of the molecule is CC(O)(C#N)c1ccc(I)cc1. The molecule has 0 radical (unpaired) electrons. The molecule has 1 unspecified atom stereocenters. The Labute approximate surface area is 85.0 Å². The monoisotopic (exact) mass is 273 g/mol. The Bertz CT molecular complexity index is 310. The fraction of sp³-hybridized carbons (Fsp3) is 0.222. The van der Waals surface area contributed by atoms with Gasteiger partial charge in [-0.2, -0.15) is 5.26 Å². The minimum atomic E-state index is -1.37. The zero-order valence-electron chi connectivity index (χ0n) is 6.58. The van der Waals surface area contributed by atoms with Gasteiger partial charge >= 0.3 is 0 Å². The highest BCUT2D eigenvalue weighted by Gasteiger charge is 2.21. The molecule has 0 aliphatic heterocycles. The molecule has 0 fully saturated rings. The van der Waals surface area contributed by atoms with Gasteiger partial charge in [-0.15, -0.1) is 0 Å². The normalized spacial score (nSPS) is 14.8. The van der Waals surface area contributed by atoms with Gasteiger partial charge in [0.15, 0.2) is 5.60 Å². The zero-order valence-corrected chi connectivity index (χ0v) is 8.74. The Hall–Kier alpha value is -0.600. The lowest BCUT2D eigenvalue weighted by Crippen LogP contribution is -2.17. The van der Waals surface area contributed by atoms with Crippen LogP contribution in [0.5, 0.6) is 0 Å². The summed E-state index contributed by atoms with van der Waals surface area (Å²) in [4.78, 5) is 0. The highest BCUT2D eigenvalue weighted by atomic mass is 127. The molecule has 0 aromatic heterocycles. The van der Waals surface area contributed by atoms with Crippen LogP contribution in [0.1, 0.15) is 12.5 Å². The van der Waals surface area contributed by atoms with Gasteiger partial charge in [-0.1, -0.05) is 12.1 Å². The van der Waals surface area contributed by atoms with Crippen LogP contribution in [0.15, 0.2) is 24.3 Å². The summed E-state index contributed by atoms with van der Waals surface area (Å²) in [5.74, 6) is 0. The third kappa shape index (κ3) is 1.96. The van der Waals surface area contributed by atoms with E-state index in [4.69, 9.17) is 5.26 Å². The third-order valence-electron chi connectivity index (χ3n) is 1.62. The van der Waals surface area contributed by atoms with E-state index in [-0.39, 0.29) is 0 Å². The Morgan fingerprint density at radius 2 is 1.92 bits per heavy atom. The Morgan fingerprint density at radius 1 is 1.42 bits per heavy atom. The summed E-state index contributed by atoms with van der Waals surface area (Å²) in [6, 6.07) is 9.07. The van der Waals surface area contributed by atoms with Gasteiger partial charge in [0.1, 0.15) is 6.07 Å². The van der Waals surface area contributed by atoms with E-state index in [1.54, 1.807) is 12.1 Å². The molecule has 1 atom stereocenters. The molecule has 1 N–H and O–H groups in total. The van der Waals surface area contributed by atoms with Gasteiger partial charge in [0.25, 0.3) is 0 Å². The van der Waals surface area contributed by atoms with E-state index in [0.29, 0.717) is 5.56 Å². The Kier molecular flexibility index (Phi) is 2.70. The van der Waals surface area contributed by atoms with E-state index in [1.807, 2.05) is 18.2 Å². The van der Waals surface area contributed by atoms with Crippen molar-refractivity contribution in [1.82, 2.24) is 0 Å². The lowest BCUT2D eigenvalue weighted by Gasteiger charge is -2.13. The second kappa shape index (κ2) is 3.42. The first-order valence-electron chi connectivity index (χ1n) is 3.46. The highest BCUT2D eigenvalue weighted by Crippen LogP contribution is 2.19. The topological polar surface area (TPSA) is 44.0 Å². The Balaban J connectivity index is 3.07. The maximum absolute atomic E-state index is 9.52. The average molecular weight is 273 g/mol. The first-order valence-corrected chi connectivity index (χ1v) is 4.54. The molecule has 0 aliphatic carbocycles. The van der Waals surface area contributed by atoms with Crippen molar-refractivity contribution in [3.8, 4) is 6.07 Å². The summed E-state index contributed by atoms with van der Waals surface area (Å²) in [5, 5.41) is 18.1. The van der Waals surface area contributed by atoms with Crippen LogP contribution in [0.3, 0.4) is 0 Å².